The van der Waals surface area contributed by atoms with Crippen LogP contribution in [0.15, 0.2) is 24.3 Å². The lowest BCUT2D eigenvalue weighted by molar-refractivity contribution is -0.144. The van der Waals surface area contributed by atoms with Gasteiger partial charge >= 0.3 is 0 Å². The molecule has 1 amide bonds. The summed E-state index contributed by atoms with van der Waals surface area (Å²) < 4.78 is 10.9. The third kappa shape index (κ3) is 2.44. The first-order valence-electron chi connectivity index (χ1n) is 7.11. The Hall–Kier alpha value is -1.43. The first-order chi connectivity index (χ1) is 9.81. The number of hydrogen-bond donors (Lipinski definition) is 1. The van der Waals surface area contributed by atoms with Crippen molar-refractivity contribution in [3.63, 3.8) is 0 Å². The molecule has 0 spiro atoms. The van der Waals surface area contributed by atoms with E-state index in [-0.39, 0.29) is 5.91 Å². The summed E-state index contributed by atoms with van der Waals surface area (Å²) in [5, 5.41) is 0. The number of hydrogen-bond acceptors (Lipinski definition) is 4. The predicted octanol–water partition coefficient (Wildman–Crippen LogP) is 0.881. The highest BCUT2D eigenvalue weighted by molar-refractivity contribution is 5.98. The fraction of sp³-hybridized carbons (Fsp3) is 0.533. The van der Waals surface area contributed by atoms with Crippen LogP contribution in [0.3, 0.4) is 0 Å². The van der Waals surface area contributed by atoms with Crippen molar-refractivity contribution in [1.82, 2.24) is 0 Å². The SMILES string of the molecule is NCCC1CN(C(=O)C2COCCO2)c2ccccc21. The predicted molar refractivity (Wildman–Crippen MR) is 75.8 cm³/mol. The summed E-state index contributed by atoms with van der Waals surface area (Å²) in [4.78, 5) is 14.4. The Morgan fingerprint density at radius 2 is 2.20 bits per heavy atom. The minimum atomic E-state index is -0.478. The molecule has 0 bridgehead atoms. The fourth-order valence-electron chi connectivity index (χ4n) is 2.96. The second-order valence-corrected chi connectivity index (χ2v) is 5.22. The van der Waals surface area contributed by atoms with Crippen LogP contribution in [0.4, 0.5) is 5.69 Å². The van der Waals surface area contributed by atoms with Gasteiger partial charge in [-0.3, -0.25) is 4.79 Å². The van der Waals surface area contributed by atoms with Crippen LogP contribution in [0.5, 0.6) is 0 Å². The molecule has 5 heteroatoms. The summed E-state index contributed by atoms with van der Waals surface area (Å²) in [6, 6.07) is 8.05. The highest BCUT2D eigenvalue weighted by Gasteiger charge is 2.36. The van der Waals surface area contributed by atoms with Gasteiger partial charge in [0.05, 0.1) is 19.8 Å². The molecule has 1 fully saturated rings. The first kappa shape index (κ1) is 13.5. The van der Waals surface area contributed by atoms with E-state index in [1.54, 1.807) is 0 Å². The third-order valence-corrected chi connectivity index (χ3v) is 3.94. The Bertz CT molecular complexity index is 486. The quantitative estimate of drug-likeness (QED) is 0.890. The van der Waals surface area contributed by atoms with Gasteiger partial charge in [0.25, 0.3) is 5.91 Å². The lowest BCUT2D eigenvalue weighted by atomic mass is 9.98. The molecule has 2 N–H and O–H groups in total. The molecule has 2 atom stereocenters. The lowest BCUT2D eigenvalue weighted by Crippen LogP contribution is -2.45. The Morgan fingerprint density at radius 1 is 1.35 bits per heavy atom. The van der Waals surface area contributed by atoms with Gasteiger partial charge in [-0.05, 0) is 24.6 Å². The normalized spacial score (nSPS) is 25.6. The van der Waals surface area contributed by atoms with Crippen LogP contribution in [-0.2, 0) is 14.3 Å². The van der Waals surface area contributed by atoms with Crippen molar-refractivity contribution >= 4 is 11.6 Å². The molecule has 5 nitrogen and oxygen atoms in total. The number of nitrogens with two attached hydrogens (primary N) is 1. The maximum Gasteiger partial charge on any atom is 0.258 e. The molecule has 2 aliphatic rings. The van der Waals surface area contributed by atoms with E-state index in [0.29, 0.717) is 38.8 Å². The Kier molecular flexibility index (Phi) is 4.00. The maximum atomic E-state index is 12.6. The van der Waals surface area contributed by atoms with E-state index in [2.05, 4.69) is 6.07 Å². The molecule has 1 aromatic rings. The number of carbonyl (C=O) groups excluding carboxylic acids is 1. The molecule has 0 saturated carbocycles. The molecule has 1 aromatic carbocycles. The monoisotopic (exact) mass is 276 g/mol. The van der Waals surface area contributed by atoms with Gasteiger partial charge in [-0.15, -0.1) is 0 Å². The Morgan fingerprint density at radius 3 is 2.95 bits per heavy atom. The summed E-state index contributed by atoms with van der Waals surface area (Å²) in [6.07, 6.45) is 0.413. The van der Waals surface area contributed by atoms with E-state index < -0.39 is 6.10 Å². The van der Waals surface area contributed by atoms with Gasteiger partial charge < -0.3 is 20.1 Å². The fourth-order valence-corrected chi connectivity index (χ4v) is 2.96. The van der Waals surface area contributed by atoms with Crippen molar-refractivity contribution in [3.8, 4) is 0 Å². The second kappa shape index (κ2) is 5.91. The molecule has 108 valence electrons. The van der Waals surface area contributed by atoms with Crippen LogP contribution >= 0.6 is 0 Å². The molecule has 2 unspecified atom stereocenters. The maximum absolute atomic E-state index is 12.6. The van der Waals surface area contributed by atoms with Crippen LogP contribution < -0.4 is 10.6 Å². The zero-order chi connectivity index (χ0) is 13.9. The molecule has 0 aromatic heterocycles. The average molecular weight is 276 g/mol. The Labute approximate surface area is 118 Å². The van der Waals surface area contributed by atoms with E-state index in [0.717, 1.165) is 12.1 Å². The first-order valence-corrected chi connectivity index (χ1v) is 7.11. The number of carbonyl (C=O) groups is 1. The Balaban J connectivity index is 1.82. The lowest BCUT2D eigenvalue weighted by Gasteiger charge is -2.27. The van der Waals surface area contributed by atoms with Gasteiger partial charge in [-0.1, -0.05) is 18.2 Å². The summed E-state index contributed by atoms with van der Waals surface area (Å²) in [6.45, 7) is 2.71. The summed E-state index contributed by atoms with van der Waals surface area (Å²) in [5.74, 6) is 0.321. The van der Waals surface area contributed by atoms with Crippen molar-refractivity contribution in [2.75, 3.05) is 37.8 Å². The number of rotatable bonds is 3. The molecule has 2 heterocycles. The topological polar surface area (TPSA) is 64.8 Å². The van der Waals surface area contributed by atoms with Crippen LogP contribution in [0.25, 0.3) is 0 Å². The second-order valence-electron chi connectivity index (χ2n) is 5.22. The highest BCUT2D eigenvalue weighted by Crippen LogP contribution is 2.38. The molecule has 20 heavy (non-hydrogen) atoms. The van der Waals surface area contributed by atoms with Gasteiger partial charge in [0.2, 0.25) is 0 Å². The minimum absolute atomic E-state index is 0.00308. The van der Waals surface area contributed by atoms with Gasteiger partial charge in [-0.25, -0.2) is 0 Å². The van der Waals surface area contributed by atoms with Crippen molar-refractivity contribution in [2.45, 2.75) is 18.4 Å². The minimum Gasteiger partial charge on any atom is -0.376 e. The van der Waals surface area contributed by atoms with E-state index in [9.17, 15) is 4.79 Å². The molecular formula is C15H20N2O3. The summed E-state index contributed by atoms with van der Waals surface area (Å²) >= 11 is 0. The van der Waals surface area contributed by atoms with Crippen LogP contribution in [0.1, 0.15) is 17.9 Å². The van der Waals surface area contributed by atoms with Gasteiger partial charge in [-0.2, -0.15) is 0 Å². The van der Waals surface area contributed by atoms with Crippen molar-refractivity contribution in [2.24, 2.45) is 5.73 Å². The number of benzene rings is 1. The smallest absolute Gasteiger partial charge is 0.258 e. The summed E-state index contributed by atoms with van der Waals surface area (Å²) in [7, 11) is 0. The number of anilines is 1. The highest BCUT2D eigenvalue weighted by atomic mass is 16.6. The number of ether oxygens (including phenoxy) is 2. The molecule has 3 rings (SSSR count). The summed E-state index contributed by atoms with van der Waals surface area (Å²) in [5.41, 5.74) is 7.88. The zero-order valence-corrected chi connectivity index (χ0v) is 11.5. The average Bonchev–Trinajstić information content (AvgIpc) is 2.87. The van der Waals surface area contributed by atoms with E-state index in [1.807, 2.05) is 23.1 Å². The van der Waals surface area contributed by atoms with E-state index in [1.165, 1.54) is 5.56 Å². The zero-order valence-electron chi connectivity index (χ0n) is 11.5. The van der Waals surface area contributed by atoms with Gasteiger partial charge in [0.15, 0.2) is 6.10 Å². The van der Waals surface area contributed by atoms with E-state index in [4.69, 9.17) is 15.2 Å². The van der Waals surface area contributed by atoms with Crippen molar-refractivity contribution < 1.29 is 14.3 Å². The molecule has 2 aliphatic heterocycles. The van der Waals surface area contributed by atoms with Crippen LogP contribution in [-0.4, -0.2) is 44.9 Å². The van der Waals surface area contributed by atoms with Gasteiger partial charge in [0.1, 0.15) is 0 Å². The number of amides is 1. The molecule has 0 radical (unpaired) electrons. The molecule has 0 aliphatic carbocycles. The van der Waals surface area contributed by atoms with Crippen LogP contribution in [0.2, 0.25) is 0 Å². The number of nitrogens with zero attached hydrogens (tertiary/aromatic N) is 1. The van der Waals surface area contributed by atoms with Crippen molar-refractivity contribution in [1.29, 1.82) is 0 Å². The number of fused-ring (bicyclic) bond motifs is 1. The molecule has 1 saturated heterocycles. The van der Waals surface area contributed by atoms with Crippen LogP contribution in [0, 0.1) is 0 Å². The number of para-hydroxylation sites is 1. The molecular weight excluding hydrogens is 256 g/mol. The largest absolute Gasteiger partial charge is 0.376 e. The van der Waals surface area contributed by atoms with Gasteiger partial charge in [0, 0.05) is 18.2 Å². The third-order valence-electron chi connectivity index (χ3n) is 3.94. The standard InChI is InChI=1S/C15H20N2O3/c16-6-5-11-9-17(13-4-2-1-3-12(11)13)15(18)14-10-19-7-8-20-14/h1-4,11,14H,5-10,16H2. The van der Waals surface area contributed by atoms with E-state index >= 15 is 0 Å². The van der Waals surface area contributed by atoms with Crippen molar-refractivity contribution in [3.05, 3.63) is 29.8 Å².